The molecule has 4 aromatic rings. The number of carboxylic acids is 1. The van der Waals surface area contributed by atoms with E-state index in [4.69, 9.17) is 9.84 Å². The Morgan fingerprint density at radius 2 is 1.65 bits per heavy atom. The van der Waals surface area contributed by atoms with Gasteiger partial charge in [0.15, 0.2) is 17.1 Å². The number of carbonyl (C=O) groups is 1. The van der Waals surface area contributed by atoms with Gasteiger partial charge in [-0.25, -0.2) is 0 Å². The van der Waals surface area contributed by atoms with E-state index < -0.39 is 23.6 Å². The number of alkyl halides is 3. The van der Waals surface area contributed by atoms with Crippen molar-refractivity contribution in [3.05, 3.63) is 71.3 Å². The summed E-state index contributed by atoms with van der Waals surface area (Å²) in [5, 5.41) is 38.5. The maximum absolute atomic E-state index is 13.5. The summed E-state index contributed by atoms with van der Waals surface area (Å²) >= 11 is 0. The van der Waals surface area contributed by atoms with Crippen LogP contribution in [-0.4, -0.2) is 32.5 Å². The van der Waals surface area contributed by atoms with Crippen molar-refractivity contribution in [2.45, 2.75) is 26.4 Å². The molecule has 0 unspecified atom stereocenters. The number of hydrogen-bond donors (Lipinski definition) is 3. The molecule has 37 heavy (non-hydrogen) atoms. The number of carboxylic acid groups (broad SMARTS) is 1. The van der Waals surface area contributed by atoms with Gasteiger partial charge in [0, 0.05) is 11.1 Å². The number of hydrogen-bond acceptors (Lipinski definition) is 6. The molecule has 0 aliphatic rings. The Kier molecular flexibility index (Phi) is 6.80. The van der Waals surface area contributed by atoms with E-state index in [-0.39, 0.29) is 46.8 Å². The van der Waals surface area contributed by atoms with Gasteiger partial charge in [-0.05, 0) is 67.4 Å². The molecule has 4 rings (SSSR count). The Labute approximate surface area is 208 Å². The lowest BCUT2D eigenvalue weighted by atomic mass is 10.1. The number of nitrogens with zero attached hydrogens (tertiary/aromatic N) is 3. The van der Waals surface area contributed by atoms with Crippen LogP contribution in [0.1, 0.15) is 23.1 Å². The zero-order chi connectivity index (χ0) is 26.9. The van der Waals surface area contributed by atoms with Crippen LogP contribution < -0.4 is 4.74 Å². The van der Waals surface area contributed by atoms with Gasteiger partial charge >= 0.3 is 12.1 Å². The largest absolute Gasteiger partial charge is 0.505 e. The maximum Gasteiger partial charge on any atom is 0.416 e. The number of halogens is 3. The maximum atomic E-state index is 13.5. The highest BCUT2D eigenvalue weighted by Gasteiger charge is 2.32. The van der Waals surface area contributed by atoms with Crippen LogP contribution in [0.15, 0.2) is 64.8 Å². The molecule has 3 N–H and O–H groups in total. The second-order valence-corrected chi connectivity index (χ2v) is 8.40. The number of benzene rings is 3. The molecule has 0 fully saturated rings. The van der Waals surface area contributed by atoms with Crippen molar-refractivity contribution in [2.24, 2.45) is 10.2 Å². The molecule has 11 heteroatoms. The number of phenols is 1. The molecule has 0 atom stereocenters. The minimum Gasteiger partial charge on any atom is -0.505 e. The van der Waals surface area contributed by atoms with Crippen molar-refractivity contribution in [1.82, 2.24) is 4.57 Å². The standard InChI is InChI=1S/C26H22F3N3O5/c1-14-10-15(2)12-17(11-14)32-19-13-16(26(27,28)29)6-7-18(19)23(25(32)36)30-31-24-20(33)4-3-5-21(24)37-9-8-22(34)35/h3-7,10-13,33,36H,8-9H2,1-2H3,(H,34,35). The van der Waals surface area contributed by atoms with E-state index in [1.54, 1.807) is 12.1 Å². The van der Waals surface area contributed by atoms with Crippen LogP contribution >= 0.6 is 0 Å². The summed E-state index contributed by atoms with van der Waals surface area (Å²) in [7, 11) is 0. The van der Waals surface area contributed by atoms with Gasteiger partial charge in [-0.15, -0.1) is 10.2 Å². The van der Waals surface area contributed by atoms with Crippen LogP contribution in [0.2, 0.25) is 0 Å². The van der Waals surface area contributed by atoms with Crippen molar-refractivity contribution >= 4 is 28.2 Å². The van der Waals surface area contributed by atoms with Gasteiger partial charge in [0.2, 0.25) is 5.88 Å². The molecule has 3 aromatic carbocycles. The Morgan fingerprint density at radius 3 is 2.30 bits per heavy atom. The quantitative estimate of drug-likeness (QED) is 0.231. The van der Waals surface area contributed by atoms with Crippen LogP contribution in [0.25, 0.3) is 16.6 Å². The number of fused-ring (bicyclic) bond motifs is 1. The van der Waals surface area contributed by atoms with Crippen molar-refractivity contribution in [2.75, 3.05) is 6.61 Å². The molecule has 0 saturated carbocycles. The molecule has 1 heterocycles. The minimum atomic E-state index is -4.61. The van der Waals surface area contributed by atoms with E-state index >= 15 is 0 Å². The highest BCUT2D eigenvalue weighted by atomic mass is 19.4. The number of aryl methyl sites for hydroxylation is 2. The summed E-state index contributed by atoms with van der Waals surface area (Å²) in [6, 6.07) is 12.5. The first-order valence-corrected chi connectivity index (χ1v) is 11.1. The Balaban J connectivity index is 1.88. The van der Waals surface area contributed by atoms with E-state index in [2.05, 4.69) is 10.2 Å². The van der Waals surface area contributed by atoms with Crippen molar-refractivity contribution in [3.8, 4) is 23.1 Å². The summed E-state index contributed by atoms with van der Waals surface area (Å²) < 4.78 is 47.2. The summed E-state index contributed by atoms with van der Waals surface area (Å²) in [5.41, 5.74) is 1.01. The average molecular weight is 513 g/mol. The number of ether oxygens (including phenoxy) is 1. The van der Waals surface area contributed by atoms with Crippen molar-refractivity contribution < 1.29 is 38.0 Å². The molecular formula is C26H22F3N3O5. The number of aromatic hydroxyl groups is 2. The third-order valence-electron chi connectivity index (χ3n) is 5.51. The van der Waals surface area contributed by atoms with Crippen LogP contribution in [-0.2, 0) is 11.0 Å². The smallest absolute Gasteiger partial charge is 0.416 e. The fourth-order valence-electron chi connectivity index (χ4n) is 3.95. The van der Waals surface area contributed by atoms with Gasteiger partial charge in [0.1, 0.15) is 5.75 Å². The Bertz CT molecular complexity index is 1510. The summed E-state index contributed by atoms with van der Waals surface area (Å²) in [4.78, 5) is 10.8. The highest BCUT2D eigenvalue weighted by Crippen LogP contribution is 2.45. The molecule has 0 bridgehead atoms. The monoisotopic (exact) mass is 513 g/mol. The van der Waals surface area contributed by atoms with E-state index in [0.717, 1.165) is 23.3 Å². The molecule has 0 amide bonds. The topological polar surface area (TPSA) is 117 Å². The first-order valence-electron chi connectivity index (χ1n) is 11.1. The molecule has 192 valence electrons. The third-order valence-corrected chi connectivity index (χ3v) is 5.51. The SMILES string of the molecule is Cc1cc(C)cc(-n2c(O)c(N=Nc3c(O)cccc3OCCC(=O)O)c3ccc(C(F)(F)F)cc32)c1. The van der Waals surface area contributed by atoms with Crippen LogP contribution in [0, 0.1) is 13.8 Å². The zero-order valence-corrected chi connectivity index (χ0v) is 19.7. The first-order chi connectivity index (χ1) is 17.5. The molecule has 0 aliphatic heterocycles. The highest BCUT2D eigenvalue weighted by molar-refractivity contribution is 5.97. The summed E-state index contributed by atoms with van der Waals surface area (Å²) in [6.45, 7) is 3.45. The lowest BCUT2D eigenvalue weighted by Crippen LogP contribution is -2.05. The van der Waals surface area contributed by atoms with Gasteiger partial charge in [0.05, 0.1) is 24.1 Å². The number of azo groups is 1. The molecule has 8 nitrogen and oxygen atoms in total. The third kappa shape index (κ3) is 5.35. The molecule has 0 saturated heterocycles. The normalized spacial score (nSPS) is 11.9. The Hall–Kier alpha value is -4.54. The van der Waals surface area contributed by atoms with Gasteiger partial charge < -0.3 is 20.1 Å². The van der Waals surface area contributed by atoms with Crippen LogP contribution in [0.5, 0.6) is 17.4 Å². The second kappa shape index (κ2) is 9.84. The molecule has 0 radical (unpaired) electrons. The van der Waals surface area contributed by atoms with Gasteiger partial charge in [0.25, 0.3) is 0 Å². The number of aliphatic carboxylic acids is 1. The zero-order valence-electron chi connectivity index (χ0n) is 19.7. The lowest BCUT2D eigenvalue weighted by molar-refractivity contribution is -0.138. The number of phenolic OH excluding ortho intramolecular Hbond substituents is 1. The molecule has 1 aromatic heterocycles. The van der Waals surface area contributed by atoms with E-state index in [0.29, 0.717) is 5.69 Å². The second-order valence-electron chi connectivity index (χ2n) is 8.40. The fraction of sp³-hybridized carbons (Fsp3) is 0.192. The average Bonchev–Trinajstić information content (AvgIpc) is 3.07. The lowest BCUT2D eigenvalue weighted by Gasteiger charge is -2.11. The van der Waals surface area contributed by atoms with Gasteiger partial charge in [-0.3, -0.25) is 9.36 Å². The Morgan fingerprint density at radius 1 is 0.973 bits per heavy atom. The first kappa shape index (κ1) is 25.5. The fourth-order valence-corrected chi connectivity index (χ4v) is 3.95. The number of aromatic nitrogens is 1. The van der Waals surface area contributed by atoms with Gasteiger partial charge in [-0.2, -0.15) is 13.2 Å². The summed E-state index contributed by atoms with van der Waals surface area (Å²) in [5.74, 6) is -1.81. The van der Waals surface area contributed by atoms with Crippen molar-refractivity contribution in [1.29, 1.82) is 0 Å². The molecule has 0 spiro atoms. The van der Waals surface area contributed by atoms with Gasteiger partial charge in [-0.1, -0.05) is 12.1 Å². The van der Waals surface area contributed by atoms with Crippen LogP contribution in [0.3, 0.4) is 0 Å². The molecular weight excluding hydrogens is 491 g/mol. The minimum absolute atomic E-state index is 0.0434. The predicted molar refractivity (Wildman–Crippen MR) is 129 cm³/mol. The van der Waals surface area contributed by atoms with E-state index in [1.807, 2.05) is 19.9 Å². The number of rotatable bonds is 7. The van der Waals surface area contributed by atoms with E-state index in [9.17, 15) is 28.2 Å². The van der Waals surface area contributed by atoms with Crippen LogP contribution in [0.4, 0.5) is 24.5 Å². The predicted octanol–water partition coefficient (Wildman–Crippen LogP) is 6.95. The summed E-state index contributed by atoms with van der Waals surface area (Å²) in [6.07, 6.45) is -4.90. The van der Waals surface area contributed by atoms with E-state index in [1.165, 1.54) is 28.8 Å². The molecule has 0 aliphatic carbocycles. The van der Waals surface area contributed by atoms with Crippen molar-refractivity contribution in [3.63, 3.8) is 0 Å².